The molecule has 0 aliphatic rings. The summed E-state index contributed by atoms with van der Waals surface area (Å²) >= 11 is 0. The Bertz CT molecular complexity index is 652. The molecule has 130 valence electrons. The first-order valence-corrected chi connectivity index (χ1v) is 7.77. The molecule has 0 amide bonds. The summed E-state index contributed by atoms with van der Waals surface area (Å²) in [6.07, 6.45) is 6.13. The number of ether oxygens (including phenoxy) is 2. The van der Waals surface area contributed by atoms with Gasteiger partial charge in [-0.05, 0) is 51.8 Å². The number of carbonyl (C=O) groups excluding carboxylic acids is 1. The first-order valence-electron chi connectivity index (χ1n) is 7.77. The van der Waals surface area contributed by atoms with E-state index in [2.05, 4.69) is 19.9 Å². The molecule has 0 atom stereocenters. The number of allylic oxidation sites excluding steroid dienone is 3. The van der Waals surface area contributed by atoms with Crippen molar-refractivity contribution in [2.75, 3.05) is 6.61 Å². The fourth-order valence-corrected chi connectivity index (χ4v) is 1.98. The van der Waals surface area contributed by atoms with Crippen molar-refractivity contribution in [3.63, 3.8) is 0 Å². The number of carboxylic acids is 1. The Labute approximate surface area is 142 Å². The van der Waals surface area contributed by atoms with Gasteiger partial charge >= 0.3 is 11.9 Å². The Balaban J connectivity index is 2.69. The first kappa shape index (κ1) is 19.5. The lowest BCUT2D eigenvalue weighted by Gasteiger charge is -2.09. The molecule has 0 aromatic heterocycles. The smallest absolute Gasteiger partial charge is 0.339 e. The van der Waals surface area contributed by atoms with E-state index >= 15 is 0 Å². The third kappa shape index (κ3) is 7.13. The van der Waals surface area contributed by atoms with Crippen molar-refractivity contribution in [2.45, 2.75) is 40.5 Å². The number of aromatic carboxylic acids is 1. The molecule has 1 aromatic rings. The van der Waals surface area contributed by atoms with Crippen LogP contribution in [0.2, 0.25) is 0 Å². The fraction of sp³-hybridized carbons (Fsp3) is 0.368. The highest BCUT2D eigenvalue weighted by molar-refractivity contribution is 5.92. The quantitative estimate of drug-likeness (QED) is 0.434. The van der Waals surface area contributed by atoms with Crippen LogP contribution in [-0.4, -0.2) is 23.7 Å². The molecule has 5 nitrogen and oxygen atoms in total. The van der Waals surface area contributed by atoms with Crippen molar-refractivity contribution < 1.29 is 24.2 Å². The van der Waals surface area contributed by atoms with Crippen LogP contribution in [0.4, 0.5) is 0 Å². The second-order valence-electron chi connectivity index (χ2n) is 5.74. The summed E-state index contributed by atoms with van der Waals surface area (Å²) in [6, 6.07) is 4.32. The van der Waals surface area contributed by atoms with Crippen LogP contribution < -0.4 is 9.47 Å². The number of carboxylic acid groups (broad SMARTS) is 1. The molecule has 0 heterocycles. The van der Waals surface area contributed by atoms with E-state index in [-0.39, 0.29) is 11.3 Å². The average Bonchev–Trinajstić information content (AvgIpc) is 2.46. The molecule has 0 fully saturated rings. The van der Waals surface area contributed by atoms with Crippen LogP contribution in [0.1, 0.15) is 50.9 Å². The van der Waals surface area contributed by atoms with Crippen LogP contribution in [0.5, 0.6) is 11.5 Å². The van der Waals surface area contributed by atoms with Crippen molar-refractivity contribution >= 4 is 11.9 Å². The van der Waals surface area contributed by atoms with Crippen molar-refractivity contribution in [3.8, 4) is 11.5 Å². The summed E-state index contributed by atoms with van der Waals surface area (Å²) in [5.41, 5.74) is 2.44. The maximum atomic E-state index is 11.1. The number of hydrogen-bond acceptors (Lipinski definition) is 4. The molecule has 5 heteroatoms. The van der Waals surface area contributed by atoms with Gasteiger partial charge in [0.05, 0.1) is 0 Å². The van der Waals surface area contributed by atoms with Gasteiger partial charge in [-0.3, -0.25) is 4.79 Å². The monoisotopic (exact) mass is 332 g/mol. The zero-order valence-electron chi connectivity index (χ0n) is 14.6. The van der Waals surface area contributed by atoms with Crippen molar-refractivity contribution in [2.24, 2.45) is 0 Å². The lowest BCUT2D eigenvalue weighted by molar-refractivity contribution is -0.131. The first-order chi connectivity index (χ1) is 11.3. The predicted molar refractivity (Wildman–Crippen MR) is 92.6 cm³/mol. The molecular formula is C19H24O5. The highest BCUT2D eigenvalue weighted by atomic mass is 16.5. The highest BCUT2D eigenvalue weighted by Gasteiger charge is 2.14. The number of esters is 1. The molecule has 0 aliphatic carbocycles. The molecule has 0 saturated heterocycles. The molecule has 0 aliphatic heterocycles. The zero-order chi connectivity index (χ0) is 18.1. The second kappa shape index (κ2) is 9.55. The molecular weight excluding hydrogens is 308 g/mol. The molecule has 24 heavy (non-hydrogen) atoms. The van der Waals surface area contributed by atoms with E-state index in [4.69, 9.17) is 14.6 Å². The number of benzene rings is 1. The summed E-state index contributed by atoms with van der Waals surface area (Å²) in [4.78, 5) is 22.2. The SMILES string of the molecule is CC(=O)Oc1cc(OC/C=C(\C)CCC=C(C)C)ccc1C(=O)O. The van der Waals surface area contributed by atoms with E-state index in [0.717, 1.165) is 12.8 Å². The van der Waals surface area contributed by atoms with Crippen LogP contribution in [-0.2, 0) is 4.79 Å². The van der Waals surface area contributed by atoms with Gasteiger partial charge in [0.2, 0.25) is 0 Å². The van der Waals surface area contributed by atoms with Crippen LogP contribution in [0.15, 0.2) is 41.5 Å². The van der Waals surface area contributed by atoms with Gasteiger partial charge in [0.15, 0.2) is 0 Å². The maximum Gasteiger partial charge on any atom is 0.339 e. The molecule has 1 rings (SSSR count). The van der Waals surface area contributed by atoms with Gasteiger partial charge in [0, 0.05) is 13.0 Å². The lowest BCUT2D eigenvalue weighted by Crippen LogP contribution is -2.07. The topological polar surface area (TPSA) is 72.8 Å². The molecule has 1 aromatic carbocycles. The molecule has 0 saturated carbocycles. The largest absolute Gasteiger partial charge is 0.489 e. The average molecular weight is 332 g/mol. The highest BCUT2D eigenvalue weighted by Crippen LogP contribution is 2.25. The standard InChI is InChI=1S/C19H24O5/c1-13(2)6-5-7-14(3)10-11-23-16-8-9-17(19(21)22)18(12-16)24-15(4)20/h6,8-10,12H,5,7,11H2,1-4H3,(H,21,22)/b14-10+. The van der Waals surface area contributed by atoms with Crippen LogP contribution in [0.3, 0.4) is 0 Å². The fourth-order valence-electron chi connectivity index (χ4n) is 1.98. The van der Waals surface area contributed by atoms with Crippen LogP contribution in [0, 0.1) is 0 Å². The Kier molecular flexibility index (Phi) is 7.75. The summed E-state index contributed by atoms with van der Waals surface area (Å²) < 4.78 is 10.5. The second-order valence-corrected chi connectivity index (χ2v) is 5.74. The van der Waals surface area contributed by atoms with E-state index in [1.807, 2.05) is 13.0 Å². The van der Waals surface area contributed by atoms with Gasteiger partial charge in [-0.15, -0.1) is 0 Å². The minimum absolute atomic E-state index is 0.0169. The van der Waals surface area contributed by atoms with Gasteiger partial charge in [-0.2, -0.15) is 0 Å². The van der Waals surface area contributed by atoms with Gasteiger partial charge in [0.25, 0.3) is 0 Å². The summed E-state index contributed by atoms with van der Waals surface area (Å²) in [5, 5.41) is 9.09. The van der Waals surface area contributed by atoms with Crippen LogP contribution >= 0.6 is 0 Å². The van der Waals surface area contributed by atoms with Gasteiger partial charge in [-0.1, -0.05) is 17.2 Å². The normalized spacial score (nSPS) is 10.9. The molecule has 0 radical (unpaired) electrons. The van der Waals surface area contributed by atoms with E-state index in [9.17, 15) is 9.59 Å². The van der Waals surface area contributed by atoms with Gasteiger partial charge in [-0.25, -0.2) is 4.79 Å². The lowest BCUT2D eigenvalue weighted by atomic mass is 10.1. The Hall–Kier alpha value is -2.56. The molecule has 0 bridgehead atoms. The zero-order valence-corrected chi connectivity index (χ0v) is 14.6. The molecule has 0 spiro atoms. The van der Waals surface area contributed by atoms with E-state index in [1.54, 1.807) is 6.07 Å². The van der Waals surface area contributed by atoms with E-state index < -0.39 is 11.9 Å². The Morgan fingerprint density at radius 2 is 1.83 bits per heavy atom. The molecule has 1 N–H and O–H groups in total. The van der Waals surface area contributed by atoms with E-state index in [0.29, 0.717) is 12.4 Å². The Morgan fingerprint density at radius 3 is 2.42 bits per heavy atom. The number of rotatable bonds is 8. The summed E-state index contributed by atoms with van der Waals surface area (Å²) in [6.45, 7) is 7.78. The van der Waals surface area contributed by atoms with E-state index in [1.165, 1.54) is 30.2 Å². The van der Waals surface area contributed by atoms with Crippen LogP contribution in [0.25, 0.3) is 0 Å². The maximum absolute atomic E-state index is 11.1. The molecule has 0 unspecified atom stereocenters. The van der Waals surface area contributed by atoms with Crippen molar-refractivity contribution in [3.05, 3.63) is 47.1 Å². The number of hydrogen-bond donors (Lipinski definition) is 1. The number of carbonyl (C=O) groups is 2. The third-order valence-corrected chi connectivity index (χ3v) is 3.21. The minimum Gasteiger partial charge on any atom is -0.489 e. The third-order valence-electron chi connectivity index (χ3n) is 3.21. The van der Waals surface area contributed by atoms with Crippen molar-refractivity contribution in [1.29, 1.82) is 0 Å². The predicted octanol–water partition coefficient (Wildman–Crippen LogP) is 4.38. The van der Waals surface area contributed by atoms with Gasteiger partial charge in [0.1, 0.15) is 23.7 Å². The van der Waals surface area contributed by atoms with Crippen molar-refractivity contribution in [1.82, 2.24) is 0 Å². The minimum atomic E-state index is -1.16. The summed E-state index contributed by atoms with van der Waals surface area (Å²) in [5.74, 6) is -1.31. The Morgan fingerprint density at radius 1 is 1.12 bits per heavy atom. The summed E-state index contributed by atoms with van der Waals surface area (Å²) in [7, 11) is 0. The van der Waals surface area contributed by atoms with Gasteiger partial charge < -0.3 is 14.6 Å².